The molecule has 1 N–H and O–H groups in total. The van der Waals surface area contributed by atoms with Gasteiger partial charge in [0.05, 0.1) is 12.7 Å². The van der Waals surface area contributed by atoms with Gasteiger partial charge in [0.1, 0.15) is 5.75 Å². The summed E-state index contributed by atoms with van der Waals surface area (Å²) < 4.78 is 6.57. The molecule has 16 heavy (non-hydrogen) atoms. The van der Waals surface area contributed by atoms with Gasteiger partial charge >= 0.3 is 0 Å². The van der Waals surface area contributed by atoms with Gasteiger partial charge in [0.2, 0.25) is 0 Å². The second-order valence-corrected chi connectivity index (χ2v) is 5.02. The third kappa shape index (κ3) is 2.41. The largest absolute Gasteiger partial charge is 0.494 e. The second-order valence-electron chi connectivity index (χ2n) is 4.17. The number of fused-ring (bicyclic) bond motifs is 1. The topological polar surface area (TPSA) is 29.5 Å². The lowest BCUT2D eigenvalue weighted by Crippen LogP contribution is -2.01. The van der Waals surface area contributed by atoms with Crippen LogP contribution in [0.2, 0.25) is 0 Å². The summed E-state index contributed by atoms with van der Waals surface area (Å²) in [6.07, 6.45) is 3.80. The zero-order chi connectivity index (χ0) is 11.5. The van der Waals surface area contributed by atoms with Crippen molar-refractivity contribution in [3.05, 3.63) is 27.7 Å². The molecule has 1 aliphatic carbocycles. The zero-order valence-electron chi connectivity index (χ0n) is 9.50. The maximum Gasteiger partial charge on any atom is 0.120 e. The molecule has 0 fully saturated rings. The Balaban J connectivity index is 2.42. The van der Waals surface area contributed by atoms with Gasteiger partial charge in [-0.2, -0.15) is 0 Å². The Morgan fingerprint density at radius 3 is 3.00 bits per heavy atom. The molecule has 0 amide bonds. The SMILES string of the molecule is CCOc1cc(Br)c2c(c1)[C@@H](O)CCCC2. The molecule has 0 unspecified atom stereocenters. The third-order valence-corrected chi connectivity index (χ3v) is 3.74. The minimum Gasteiger partial charge on any atom is -0.494 e. The van der Waals surface area contributed by atoms with Crippen molar-refractivity contribution >= 4 is 15.9 Å². The van der Waals surface area contributed by atoms with E-state index in [-0.39, 0.29) is 6.10 Å². The van der Waals surface area contributed by atoms with Gasteiger partial charge in [-0.3, -0.25) is 0 Å². The highest BCUT2D eigenvalue weighted by Crippen LogP contribution is 2.36. The normalized spacial score (nSPS) is 20.1. The molecule has 0 saturated heterocycles. The lowest BCUT2D eigenvalue weighted by molar-refractivity contribution is 0.166. The van der Waals surface area contributed by atoms with Gasteiger partial charge in [0.25, 0.3) is 0 Å². The van der Waals surface area contributed by atoms with E-state index in [1.165, 1.54) is 5.56 Å². The Morgan fingerprint density at radius 1 is 1.44 bits per heavy atom. The minimum absolute atomic E-state index is 0.339. The van der Waals surface area contributed by atoms with Gasteiger partial charge in [0, 0.05) is 4.47 Å². The van der Waals surface area contributed by atoms with E-state index in [1.54, 1.807) is 0 Å². The van der Waals surface area contributed by atoms with E-state index in [1.807, 2.05) is 19.1 Å². The van der Waals surface area contributed by atoms with Gasteiger partial charge in [-0.1, -0.05) is 22.4 Å². The van der Waals surface area contributed by atoms with Crippen molar-refractivity contribution in [3.8, 4) is 5.75 Å². The Bertz CT molecular complexity index is 376. The van der Waals surface area contributed by atoms with Crippen molar-refractivity contribution in [1.82, 2.24) is 0 Å². The molecule has 0 bridgehead atoms. The van der Waals surface area contributed by atoms with Crippen LogP contribution in [0.1, 0.15) is 43.4 Å². The smallest absolute Gasteiger partial charge is 0.120 e. The molecule has 2 rings (SSSR count). The quantitative estimate of drug-likeness (QED) is 0.841. The number of rotatable bonds is 2. The summed E-state index contributed by atoms with van der Waals surface area (Å²) in [6.45, 7) is 2.62. The number of hydrogen-bond donors (Lipinski definition) is 1. The van der Waals surface area contributed by atoms with E-state index < -0.39 is 0 Å². The van der Waals surface area contributed by atoms with Crippen molar-refractivity contribution in [1.29, 1.82) is 0 Å². The van der Waals surface area contributed by atoms with Crippen LogP contribution in [0, 0.1) is 0 Å². The summed E-state index contributed by atoms with van der Waals surface area (Å²) in [5.41, 5.74) is 2.28. The Kier molecular flexibility index (Phi) is 3.87. The molecule has 3 heteroatoms. The lowest BCUT2D eigenvalue weighted by Gasteiger charge is -2.15. The van der Waals surface area contributed by atoms with Crippen LogP contribution in [0.15, 0.2) is 16.6 Å². The molecule has 1 aromatic carbocycles. The maximum absolute atomic E-state index is 10.1. The summed E-state index contributed by atoms with van der Waals surface area (Å²) >= 11 is 3.57. The van der Waals surface area contributed by atoms with Crippen molar-refractivity contribution < 1.29 is 9.84 Å². The highest BCUT2D eigenvalue weighted by atomic mass is 79.9. The summed E-state index contributed by atoms with van der Waals surface area (Å²) in [5.74, 6) is 0.842. The second kappa shape index (κ2) is 5.19. The average molecular weight is 285 g/mol. The molecule has 2 nitrogen and oxygen atoms in total. The molecule has 88 valence electrons. The lowest BCUT2D eigenvalue weighted by atomic mass is 10.0. The monoisotopic (exact) mass is 284 g/mol. The highest BCUT2D eigenvalue weighted by molar-refractivity contribution is 9.10. The fourth-order valence-corrected chi connectivity index (χ4v) is 2.89. The number of aliphatic hydroxyl groups excluding tert-OH is 1. The van der Waals surface area contributed by atoms with E-state index in [0.29, 0.717) is 6.61 Å². The molecule has 0 spiro atoms. The van der Waals surface area contributed by atoms with Gasteiger partial charge in [0.15, 0.2) is 0 Å². The molecule has 1 aromatic rings. The van der Waals surface area contributed by atoms with E-state index in [0.717, 1.165) is 41.5 Å². The first-order chi connectivity index (χ1) is 7.72. The van der Waals surface area contributed by atoms with Gasteiger partial charge in [-0.25, -0.2) is 0 Å². The molecule has 1 atom stereocenters. The highest BCUT2D eigenvalue weighted by Gasteiger charge is 2.19. The average Bonchev–Trinajstić information content (AvgIpc) is 2.43. The third-order valence-electron chi connectivity index (χ3n) is 3.03. The van der Waals surface area contributed by atoms with Crippen molar-refractivity contribution in [2.75, 3.05) is 6.61 Å². The molecule has 0 saturated carbocycles. The number of halogens is 1. The fraction of sp³-hybridized carbons (Fsp3) is 0.538. The van der Waals surface area contributed by atoms with Gasteiger partial charge < -0.3 is 9.84 Å². The van der Waals surface area contributed by atoms with E-state index in [4.69, 9.17) is 4.74 Å². The Hall–Kier alpha value is -0.540. The van der Waals surface area contributed by atoms with Gasteiger partial charge in [-0.05, 0) is 49.4 Å². The first-order valence-corrected chi connectivity index (χ1v) is 6.65. The van der Waals surface area contributed by atoms with Crippen LogP contribution in [0.25, 0.3) is 0 Å². The summed E-state index contributed by atoms with van der Waals surface area (Å²) in [5, 5.41) is 10.1. The molecule has 0 radical (unpaired) electrons. The van der Waals surface area contributed by atoms with Crippen LogP contribution in [0.4, 0.5) is 0 Å². The van der Waals surface area contributed by atoms with Crippen LogP contribution in [-0.2, 0) is 6.42 Å². The van der Waals surface area contributed by atoms with Gasteiger partial charge in [-0.15, -0.1) is 0 Å². The summed E-state index contributed by atoms with van der Waals surface area (Å²) in [4.78, 5) is 0. The summed E-state index contributed by atoms with van der Waals surface area (Å²) in [7, 11) is 0. The van der Waals surface area contributed by atoms with Crippen molar-refractivity contribution in [2.45, 2.75) is 38.7 Å². The maximum atomic E-state index is 10.1. The molecule has 1 aliphatic rings. The zero-order valence-corrected chi connectivity index (χ0v) is 11.1. The molecule has 0 heterocycles. The van der Waals surface area contributed by atoms with E-state index in [2.05, 4.69) is 15.9 Å². The number of hydrogen-bond acceptors (Lipinski definition) is 2. The number of benzene rings is 1. The van der Waals surface area contributed by atoms with E-state index >= 15 is 0 Å². The number of ether oxygens (including phenoxy) is 1. The fourth-order valence-electron chi connectivity index (χ4n) is 2.24. The van der Waals surface area contributed by atoms with Crippen molar-refractivity contribution in [3.63, 3.8) is 0 Å². The Labute approximate surface area is 105 Å². The van der Waals surface area contributed by atoms with E-state index in [9.17, 15) is 5.11 Å². The first-order valence-electron chi connectivity index (χ1n) is 5.85. The minimum atomic E-state index is -0.339. The van der Waals surface area contributed by atoms with Crippen LogP contribution in [0.3, 0.4) is 0 Å². The van der Waals surface area contributed by atoms with Crippen molar-refractivity contribution in [2.24, 2.45) is 0 Å². The van der Waals surface area contributed by atoms with Crippen LogP contribution >= 0.6 is 15.9 Å². The predicted octanol–water partition coefficient (Wildman–Crippen LogP) is 3.61. The first kappa shape index (κ1) is 11.9. The summed E-state index contributed by atoms with van der Waals surface area (Å²) in [6, 6.07) is 3.99. The predicted molar refractivity (Wildman–Crippen MR) is 67.8 cm³/mol. The van der Waals surface area contributed by atoms with Crippen LogP contribution in [0.5, 0.6) is 5.75 Å². The standard InChI is InChI=1S/C13H17BrO2/c1-2-16-9-7-11-10(12(14)8-9)5-3-4-6-13(11)15/h7-8,13,15H,2-6H2,1H3/t13-/m0/s1. The molecule has 0 aromatic heterocycles. The van der Waals surface area contributed by atoms with Crippen LogP contribution < -0.4 is 4.74 Å². The number of aliphatic hydroxyl groups is 1. The Morgan fingerprint density at radius 2 is 2.25 bits per heavy atom. The molecular formula is C13H17BrO2. The molecule has 0 aliphatic heterocycles. The van der Waals surface area contributed by atoms with Crippen LogP contribution in [-0.4, -0.2) is 11.7 Å². The molecular weight excluding hydrogens is 268 g/mol.